The van der Waals surface area contributed by atoms with E-state index in [9.17, 15) is 0 Å². The summed E-state index contributed by atoms with van der Waals surface area (Å²) in [6.45, 7) is 0. The van der Waals surface area contributed by atoms with Gasteiger partial charge in [0.2, 0.25) is 5.78 Å². The standard InChI is InChI=1S/C17H13ClN4/c1-21(13-8-6-12(18)7-9-13)16-10-11-19-17-20-14-4-2-3-5-15(14)22(16)17/h2-11H,1H3. The van der Waals surface area contributed by atoms with Crippen LogP contribution < -0.4 is 4.90 Å². The van der Waals surface area contributed by atoms with Crippen molar-refractivity contribution in [2.24, 2.45) is 0 Å². The molecule has 0 atom stereocenters. The number of benzene rings is 2. The van der Waals surface area contributed by atoms with Gasteiger partial charge in [0.05, 0.1) is 11.0 Å². The highest BCUT2D eigenvalue weighted by atomic mass is 35.5. The van der Waals surface area contributed by atoms with Crippen LogP contribution >= 0.6 is 11.6 Å². The Bertz CT molecular complexity index is 959. The highest BCUT2D eigenvalue weighted by molar-refractivity contribution is 6.30. The van der Waals surface area contributed by atoms with Crippen molar-refractivity contribution < 1.29 is 0 Å². The predicted octanol–water partition coefficient (Wildman–Crippen LogP) is 4.30. The lowest BCUT2D eigenvalue weighted by Crippen LogP contribution is -2.13. The van der Waals surface area contributed by atoms with Gasteiger partial charge in [-0.15, -0.1) is 0 Å². The molecule has 2 aromatic carbocycles. The molecule has 4 rings (SSSR count). The van der Waals surface area contributed by atoms with Gasteiger partial charge in [-0.25, -0.2) is 9.97 Å². The molecule has 108 valence electrons. The van der Waals surface area contributed by atoms with Crippen molar-refractivity contribution in [2.75, 3.05) is 11.9 Å². The average molecular weight is 309 g/mol. The van der Waals surface area contributed by atoms with E-state index in [1.807, 2.05) is 55.6 Å². The Hall–Kier alpha value is -2.59. The number of anilines is 2. The predicted molar refractivity (Wildman–Crippen MR) is 90.0 cm³/mol. The molecule has 4 nitrogen and oxygen atoms in total. The maximum absolute atomic E-state index is 5.97. The molecule has 0 saturated heterocycles. The lowest BCUT2D eigenvalue weighted by atomic mass is 10.3. The molecule has 0 aliphatic heterocycles. The summed E-state index contributed by atoms with van der Waals surface area (Å²) in [4.78, 5) is 11.0. The molecule has 0 unspecified atom stereocenters. The topological polar surface area (TPSA) is 33.4 Å². The second kappa shape index (κ2) is 5.00. The third kappa shape index (κ3) is 2.00. The molecule has 0 amide bonds. The summed E-state index contributed by atoms with van der Waals surface area (Å²) in [5.41, 5.74) is 3.03. The van der Waals surface area contributed by atoms with E-state index in [0.717, 1.165) is 27.6 Å². The molecular formula is C17H13ClN4. The van der Waals surface area contributed by atoms with Crippen LogP contribution in [0.4, 0.5) is 11.5 Å². The summed E-state index contributed by atoms with van der Waals surface area (Å²) in [7, 11) is 2.02. The summed E-state index contributed by atoms with van der Waals surface area (Å²) < 4.78 is 2.06. The largest absolute Gasteiger partial charge is 0.330 e. The zero-order valence-corrected chi connectivity index (χ0v) is 12.7. The van der Waals surface area contributed by atoms with Crippen molar-refractivity contribution in [1.82, 2.24) is 14.4 Å². The smallest absolute Gasteiger partial charge is 0.236 e. The van der Waals surface area contributed by atoms with Crippen molar-refractivity contribution in [3.63, 3.8) is 0 Å². The lowest BCUT2D eigenvalue weighted by Gasteiger charge is -2.20. The number of imidazole rings is 1. The maximum atomic E-state index is 5.97. The summed E-state index contributed by atoms with van der Waals surface area (Å²) in [6.07, 6.45) is 1.78. The fourth-order valence-electron chi connectivity index (χ4n) is 2.63. The minimum atomic E-state index is 0.694. The van der Waals surface area contributed by atoms with Gasteiger partial charge in [-0.3, -0.25) is 4.40 Å². The molecular weight excluding hydrogens is 296 g/mol. The number of para-hydroxylation sites is 2. The SMILES string of the molecule is CN(c1ccc(Cl)cc1)c1ccnc2nc3ccccc3n12. The fourth-order valence-corrected chi connectivity index (χ4v) is 2.76. The van der Waals surface area contributed by atoms with Crippen molar-refractivity contribution in [1.29, 1.82) is 0 Å². The Balaban J connectivity index is 1.96. The zero-order valence-electron chi connectivity index (χ0n) is 11.9. The van der Waals surface area contributed by atoms with Gasteiger partial charge in [-0.2, -0.15) is 0 Å². The lowest BCUT2D eigenvalue weighted by molar-refractivity contribution is 1.05. The van der Waals surface area contributed by atoms with Crippen LogP contribution in [-0.4, -0.2) is 21.4 Å². The molecule has 2 aromatic heterocycles. The molecule has 0 fully saturated rings. The first-order valence-corrected chi connectivity index (χ1v) is 7.33. The van der Waals surface area contributed by atoms with Gasteiger partial charge in [-0.05, 0) is 42.5 Å². The minimum absolute atomic E-state index is 0.694. The molecule has 0 spiro atoms. The molecule has 0 N–H and O–H groups in total. The number of halogens is 1. The Kier molecular flexibility index (Phi) is 2.98. The van der Waals surface area contributed by atoms with Crippen molar-refractivity contribution >= 4 is 39.9 Å². The zero-order chi connectivity index (χ0) is 15.1. The number of hydrogen-bond acceptors (Lipinski definition) is 3. The molecule has 0 saturated carbocycles. The van der Waals surface area contributed by atoms with Gasteiger partial charge in [0.25, 0.3) is 0 Å². The Labute approximate surface area is 132 Å². The highest BCUT2D eigenvalue weighted by Crippen LogP contribution is 2.27. The highest BCUT2D eigenvalue weighted by Gasteiger charge is 2.12. The summed E-state index contributed by atoms with van der Waals surface area (Å²) in [5.74, 6) is 1.69. The molecule has 0 bridgehead atoms. The van der Waals surface area contributed by atoms with Crippen LogP contribution in [-0.2, 0) is 0 Å². The van der Waals surface area contributed by atoms with E-state index >= 15 is 0 Å². The van der Waals surface area contributed by atoms with E-state index in [1.165, 1.54) is 0 Å². The third-order valence-corrected chi connectivity index (χ3v) is 4.00. The van der Waals surface area contributed by atoms with Gasteiger partial charge < -0.3 is 4.90 Å². The van der Waals surface area contributed by atoms with Crippen LogP contribution in [0.3, 0.4) is 0 Å². The first kappa shape index (κ1) is 13.1. The first-order chi connectivity index (χ1) is 10.7. The summed E-state index contributed by atoms with van der Waals surface area (Å²) in [5, 5.41) is 0.727. The van der Waals surface area contributed by atoms with E-state index in [2.05, 4.69) is 25.3 Å². The van der Waals surface area contributed by atoms with E-state index in [0.29, 0.717) is 5.78 Å². The number of nitrogens with zero attached hydrogens (tertiary/aromatic N) is 4. The van der Waals surface area contributed by atoms with E-state index in [1.54, 1.807) is 6.20 Å². The molecule has 0 aliphatic rings. The third-order valence-electron chi connectivity index (χ3n) is 3.74. The van der Waals surface area contributed by atoms with Crippen LogP contribution in [0.2, 0.25) is 5.02 Å². The second-order valence-corrected chi connectivity index (χ2v) is 5.51. The summed E-state index contributed by atoms with van der Waals surface area (Å²) in [6, 6.07) is 17.8. The van der Waals surface area contributed by atoms with Gasteiger partial charge >= 0.3 is 0 Å². The quantitative estimate of drug-likeness (QED) is 0.553. The molecule has 4 aromatic rings. The van der Waals surface area contributed by atoms with E-state index < -0.39 is 0 Å². The average Bonchev–Trinajstić information content (AvgIpc) is 2.93. The number of hydrogen-bond donors (Lipinski definition) is 0. The Morgan fingerprint density at radius 3 is 2.59 bits per heavy atom. The van der Waals surface area contributed by atoms with Crippen LogP contribution in [0.1, 0.15) is 0 Å². The van der Waals surface area contributed by atoms with Crippen molar-refractivity contribution in [2.45, 2.75) is 0 Å². The molecule has 5 heteroatoms. The Morgan fingerprint density at radius 1 is 1.00 bits per heavy atom. The van der Waals surface area contributed by atoms with Gasteiger partial charge in [0, 0.05) is 24.0 Å². The molecule has 22 heavy (non-hydrogen) atoms. The van der Waals surface area contributed by atoms with Crippen LogP contribution in [0.15, 0.2) is 60.8 Å². The van der Waals surface area contributed by atoms with Crippen molar-refractivity contribution in [3.05, 3.63) is 65.8 Å². The number of fused-ring (bicyclic) bond motifs is 3. The Morgan fingerprint density at radius 2 is 1.77 bits per heavy atom. The molecule has 0 aliphatic carbocycles. The minimum Gasteiger partial charge on any atom is -0.330 e. The normalized spacial score (nSPS) is 11.2. The van der Waals surface area contributed by atoms with Crippen molar-refractivity contribution in [3.8, 4) is 0 Å². The van der Waals surface area contributed by atoms with Crippen LogP contribution in [0.25, 0.3) is 16.8 Å². The second-order valence-electron chi connectivity index (χ2n) is 5.07. The van der Waals surface area contributed by atoms with Gasteiger partial charge in [0.15, 0.2) is 0 Å². The van der Waals surface area contributed by atoms with Crippen LogP contribution in [0.5, 0.6) is 0 Å². The van der Waals surface area contributed by atoms with Gasteiger partial charge in [0.1, 0.15) is 5.82 Å². The monoisotopic (exact) mass is 308 g/mol. The maximum Gasteiger partial charge on any atom is 0.236 e. The molecule has 0 radical (unpaired) electrons. The number of aromatic nitrogens is 3. The summed E-state index contributed by atoms with van der Waals surface area (Å²) >= 11 is 5.97. The molecule has 2 heterocycles. The first-order valence-electron chi connectivity index (χ1n) is 6.95. The number of rotatable bonds is 2. The van der Waals surface area contributed by atoms with Crippen LogP contribution in [0, 0.1) is 0 Å². The fraction of sp³-hybridized carbons (Fsp3) is 0.0588. The van der Waals surface area contributed by atoms with Gasteiger partial charge in [-0.1, -0.05) is 23.7 Å². The van der Waals surface area contributed by atoms with E-state index in [4.69, 9.17) is 11.6 Å². The van der Waals surface area contributed by atoms with E-state index in [-0.39, 0.29) is 0 Å².